The Morgan fingerprint density at radius 2 is 2.05 bits per heavy atom. The van der Waals surface area contributed by atoms with E-state index < -0.39 is 0 Å². The van der Waals surface area contributed by atoms with Crippen molar-refractivity contribution < 1.29 is 4.74 Å². The second-order valence-electron chi connectivity index (χ2n) is 4.82. The third kappa shape index (κ3) is 2.76. The summed E-state index contributed by atoms with van der Waals surface area (Å²) < 4.78 is 5.39. The minimum Gasteiger partial charge on any atom is -0.382 e. The van der Waals surface area contributed by atoms with Crippen molar-refractivity contribution in [3.63, 3.8) is 0 Å². The zero-order valence-electron chi connectivity index (χ0n) is 11.0. The molecule has 1 aromatic carbocycles. The molecule has 0 amide bonds. The Hall–Kier alpha value is -1.88. The van der Waals surface area contributed by atoms with Crippen LogP contribution in [0, 0.1) is 6.92 Å². The van der Waals surface area contributed by atoms with Crippen LogP contribution in [0.2, 0.25) is 0 Å². The lowest BCUT2D eigenvalue weighted by molar-refractivity contribution is 0.0904. The average Bonchev–Trinajstić information content (AvgIpc) is 2.87. The number of nitrogens with one attached hydrogen (secondary N) is 2. The summed E-state index contributed by atoms with van der Waals surface area (Å²) in [5, 5.41) is 10.7. The van der Waals surface area contributed by atoms with E-state index in [9.17, 15) is 0 Å². The van der Waals surface area contributed by atoms with Gasteiger partial charge in [0.05, 0.1) is 0 Å². The number of aryl methyl sites for hydroxylation is 1. The number of para-hydroxylation sites is 1. The van der Waals surface area contributed by atoms with Crippen molar-refractivity contribution in [3.8, 4) is 11.4 Å². The molecule has 2 N–H and O–H groups in total. The van der Waals surface area contributed by atoms with E-state index in [2.05, 4.69) is 26.6 Å². The van der Waals surface area contributed by atoms with E-state index in [1.54, 1.807) is 0 Å². The first kappa shape index (κ1) is 12.2. The van der Waals surface area contributed by atoms with E-state index in [0.29, 0.717) is 6.04 Å². The summed E-state index contributed by atoms with van der Waals surface area (Å²) in [4.78, 5) is 4.40. The van der Waals surface area contributed by atoms with E-state index in [1.165, 1.54) is 0 Å². The maximum Gasteiger partial charge on any atom is 0.183 e. The van der Waals surface area contributed by atoms with Gasteiger partial charge in [0.15, 0.2) is 5.82 Å². The lowest BCUT2D eigenvalue weighted by Crippen LogP contribution is -2.28. The number of rotatable bonds is 3. The third-order valence-electron chi connectivity index (χ3n) is 3.35. The molecule has 0 saturated carbocycles. The van der Waals surface area contributed by atoms with Gasteiger partial charge in [0.25, 0.3) is 0 Å². The zero-order chi connectivity index (χ0) is 13.1. The third-order valence-corrected chi connectivity index (χ3v) is 3.35. The number of anilines is 1. The molecule has 1 saturated heterocycles. The predicted molar refractivity (Wildman–Crippen MR) is 74.0 cm³/mol. The number of hydrogen-bond acceptors (Lipinski definition) is 4. The smallest absolute Gasteiger partial charge is 0.183 e. The minimum atomic E-state index is 0.468. The van der Waals surface area contributed by atoms with Crippen LogP contribution in [0.3, 0.4) is 0 Å². The highest BCUT2D eigenvalue weighted by molar-refractivity contribution is 5.73. The van der Waals surface area contributed by atoms with Crippen LogP contribution < -0.4 is 5.32 Å². The minimum absolute atomic E-state index is 0.468. The molecule has 0 unspecified atom stereocenters. The van der Waals surface area contributed by atoms with E-state index in [0.717, 1.165) is 49.0 Å². The molecule has 1 aliphatic rings. The van der Waals surface area contributed by atoms with Crippen molar-refractivity contribution in [1.29, 1.82) is 0 Å². The van der Waals surface area contributed by atoms with E-state index in [1.807, 2.05) is 25.1 Å². The molecule has 5 heteroatoms. The monoisotopic (exact) mass is 258 g/mol. The molecule has 1 fully saturated rings. The summed E-state index contributed by atoms with van der Waals surface area (Å²) in [7, 11) is 0. The largest absolute Gasteiger partial charge is 0.382 e. The molecule has 0 aliphatic carbocycles. The van der Waals surface area contributed by atoms with Crippen LogP contribution in [0.25, 0.3) is 11.4 Å². The molecular formula is C14H18N4O. The Labute approximate surface area is 112 Å². The number of H-pyrrole nitrogens is 1. The Kier molecular flexibility index (Phi) is 3.46. The topological polar surface area (TPSA) is 62.8 Å². The van der Waals surface area contributed by atoms with E-state index >= 15 is 0 Å². The molecule has 3 rings (SSSR count). The lowest BCUT2D eigenvalue weighted by Gasteiger charge is -2.25. The van der Waals surface area contributed by atoms with Crippen LogP contribution in [0.4, 0.5) is 5.69 Å². The molecule has 100 valence electrons. The van der Waals surface area contributed by atoms with Gasteiger partial charge in [0, 0.05) is 30.5 Å². The fourth-order valence-corrected chi connectivity index (χ4v) is 2.33. The van der Waals surface area contributed by atoms with Gasteiger partial charge < -0.3 is 10.1 Å². The normalized spacial score (nSPS) is 16.5. The number of benzene rings is 1. The second-order valence-corrected chi connectivity index (χ2v) is 4.82. The first-order valence-electron chi connectivity index (χ1n) is 6.65. The van der Waals surface area contributed by atoms with Crippen molar-refractivity contribution in [2.24, 2.45) is 0 Å². The SMILES string of the molecule is Cc1nc(-c2ccccc2NC2CCOCC2)n[nH]1. The van der Waals surface area contributed by atoms with Gasteiger partial charge in [-0.05, 0) is 31.9 Å². The molecule has 2 aromatic rings. The van der Waals surface area contributed by atoms with Gasteiger partial charge in [-0.3, -0.25) is 5.10 Å². The summed E-state index contributed by atoms with van der Waals surface area (Å²) in [6.45, 7) is 3.57. The average molecular weight is 258 g/mol. The van der Waals surface area contributed by atoms with E-state index in [-0.39, 0.29) is 0 Å². The zero-order valence-corrected chi connectivity index (χ0v) is 11.0. The molecule has 1 aliphatic heterocycles. The number of hydrogen-bond donors (Lipinski definition) is 2. The number of nitrogens with zero attached hydrogens (tertiary/aromatic N) is 2. The van der Waals surface area contributed by atoms with Crippen LogP contribution in [-0.2, 0) is 4.74 Å². The summed E-state index contributed by atoms with van der Waals surface area (Å²) in [6.07, 6.45) is 2.09. The molecule has 0 radical (unpaired) electrons. The lowest BCUT2D eigenvalue weighted by atomic mass is 10.1. The van der Waals surface area contributed by atoms with Crippen molar-refractivity contribution >= 4 is 5.69 Å². The van der Waals surface area contributed by atoms with Crippen molar-refractivity contribution in [3.05, 3.63) is 30.1 Å². The van der Waals surface area contributed by atoms with Crippen molar-refractivity contribution in [2.75, 3.05) is 18.5 Å². The van der Waals surface area contributed by atoms with Crippen LogP contribution in [0.1, 0.15) is 18.7 Å². The molecule has 19 heavy (non-hydrogen) atoms. The van der Waals surface area contributed by atoms with Crippen molar-refractivity contribution in [1.82, 2.24) is 15.2 Å². The van der Waals surface area contributed by atoms with Gasteiger partial charge in [0.2, 0.25) is 0 Å². The standard InChI is InChI=1S/C14H18N4O/c1-10-15-14(18-17-10)12-4-2-3-5-13(12)16-11-6-8-19-9-7-11/h2-5,11,16H,6-9H2,1H3,(H,15,17,18). The van der Waals surface area contributed by atoms with Gasteiger partial charge in [-0.2, -0.15) is 5.10 Å². The quantitative estimate of drug-likeness (QED) is 0.887. The maximum absolute atomic E-state index is 5.39. The Morgan fingerprint density at radius 1 is 1.26 bits per heavy atom. The first-order valence-corrected chi connectivity index (χ1v) is 6.65. The van der Waals surface area contributed by atoms with Gasteiger partial charge in [0.1, 0.15) is 5.82 Å². The van der Waals surface area contributed by atoms with Crippen LogP contribution >= 0.6 is 0 Å². The van der Waals surface area contributed by atoms with Crippen LogP contribution in [-0.4, -0.2) is 34.4 Å². The number of aromatic nitrogens is 3. The maximum atomic E-state index is 5.39. The molecular weight excluding hydrogens is 240 g/mol. The molecule has 2 heterocycles. The summed E-state index contributed by atoms with van der Waals surface area (Å²) in [5.41, 5.74) is 2.13. The van der Waals surface area contributed by atoms with Crippen LogP contribution in [0.5, 0.6) is 0 Å². The second kappa shape index (κ2) is 5.40. The highest BCUT2D eigenvalue weighted by Gasteiger charge is 2.16. The molecule has 0 bridgehead atoms. The predicted octanol–water partition coefficient (Wildman–Crippen LogP) is 2.37. The fourth-order valence-electron chi connectivity index (χ4n) is 2.33. The van der Waals surface area contributed by atoms with Gasteiger partial charge in [-0.1, -0.05) is 12.1 Å². The van der Waals surface area contributed by atoms with Crippen molar-refractivity contribution in [2.45, 2.75) is 25.8 Å². The Bertz CT molecular complexity index is 546. The van der Waals surface area contributed by atoms with Crippen LogP contribution in [0.15, 0.2) is 24.3 Å². The highest BCUT2D eigenvalue weighted by atomic mass is 16.5. The summed E-state index contributed by atoms with van der Waals surface area (Å²) in [5.74, 6) is 1.57. The first-order chi connectivity index (χ1) is 9.33. The van der Waals surface area contributed by atoms with Gasteiger partial charge in [-0.15, -0.1) is 0 Å². The van der Waals surface area contributed by atoms with Gasteiger partial charge in [-0.25, -0.2) is 4.98 Å². The number of aromatic amines is 1. The molecule has 0 atom stereocenters. The van der Waals surface area contributed by atoms with E-state index in [4.69, 9.17) is 4.74 Å². The Morgan fingerprint density at radius 3 is 2.79 bits per heavy atom. The Balaban J connectivity index is 1.84. The molecule has 1 aromatic heterocycles. The molecule has 5 nitrogen and oxygen atoms in total. The summed E-state index contributed by atoms with van der Waals surface area (Å²) >= 11 is 0. The molecule has 0 spiro atoms. The fraction of sp³-hybridized carbons (Fsp3) is 0.429. The van der Waals surface area contributed by atoms with Gasteiger partial charge >= 0.3 is 0 Å². The highest BCUT2D eigenvalue weighted by Crippen LogP contribution is 2.26. The number of ether oxygens (including phenoxy) is 1. The summed E-state index contributed by atoms with van der Waals surface area (Å²) in [6, 6.07) is 8.64.